The second-order valence-electron chi connectivity index (χ2n) is 7.15. The van der Waals surface area contributed by atoms with Crippen LogP contribution in [0.15, 0.2) is 71.5 Å². The number of alkyl halides is 3. The predicted molar refractivity (Wildman–Crippen MR) is 120 cm³/mol. The second kappa shape index (κ2) is 8.59. The van der Waals surface area contributed by atoms with Gasteiger partial charge in [-0.3, -0.25) is 4.79 Å². The summed E-state index contributed by atoms with van der Waals surface area (Å²) >= 11 is 6.20. The Labute approximate surface area is 186 Å². The highest BCUT2D eigenvalue weighted by atomic mass is 35.5. The van der Waals surface area contributed by atoms with Crippen molar-refractivity contribution in [3.63, 3.8) is 0 Å². The van der Waals surface area contributed by atoms with Crippen molar-refractivity contribution in [2.45, 2.75) is 12.7 Å². The molecule has 164 valence electrons. The minimum Gasteiger partial charge on any atom is -0.496 e. The van der Waals surface area contributed by atoms with Gasteiger partial charge in [0.15, 0.2) is 0 Å². The van der Waals surface area contributed by atoms with E-state index in [2.05, 4.69) is 10.3 Å². The molecule has 4 aromatic rings. The van der Waals surface area contributed by atoms with Gasteiger partial charge in [0, 0.05) is 33.6 Å². The highest BCUT2D eigenvalue weighted by molar-refractivity contribution is 6.31. The first-order chi connectivity index (χ1) is 15.3. The fraction of sp³-hybridized carbons (Fsp3) is 0.125. The molecule has 0 amide bonds. The zero-order chi connectivity index (χ0) is 22.9. The number of hydrogen-bond acceptors (Lipinski definition) is 3. The van der Waals surface area contributed by atoms with Crippen LogP contribution in [0.1, 0.15) is 11.1 Å². The van der Waals surface area contributed by atoms with Gasteiger partial charge in [-0.1, -0.05) is 41.9 Å². The predicted octanol–water partition coefficient (Wildman–Crippen LogP) is 6.49. The summed E-state index contributed by atoms with van der Waals surface area (Å²) in [6.07, 6.45) is -4.54. The van der Waals surface area contributed by atoms with Crippen molar-refractivity contribution in [3.8, 4) is 16.9 Å². The van der Waals surface area contributed by atoms with Crippen molar-refractivity contribution >= 4 is 28.2 Å². The molecule has 0 saturated heterocycles. The average molecular weight is 459 g/mol. The number of hydrogen-bond donors (Lipinski definition) is 2. The van der Waals surface area contributed by atoms with Crippen LogP contribution < -0.4 is 15.6 Å². The van der Waals surface area contributed by atoms with Crippen LogP contribution in [0.3, 0.4) is 0 Å². The van der Waals surface area contributed by atoms with Crippen LogP contribution in [0.5, 0.6) is 5.75 Å². The highest BCUT2D eigenvalue weighted by Gasteiger charge is 2.31. The Balaban J connectivity index is 2.01. The number of aromatic nitrogens is 1. The number of anilines is 1. The summed E-state index contributed by atoms with van der Waals surface area (Å²) in [6.45, 7) is 0.296. The molecule has 0 bridgehead atoms. The minimum atomic E-state index is -4.54. The third-order valence-electron chi connectivity index (χ3n) is 5.08. The van der Waals surface area contributed by atoms with Gasteiger partial charge >= 0.3 is 6.18 Å². The minimum absolute atomic E-state index is 0.126. The fourth-order valence-electron chi connectivity index (χ4n) is 3.58. The zero-order valence-corrected chi connectivity index (χ0v) is 17.6. The summed E-state index contributed by atoms with van der Waals surface area (Å²) in [5.74, 6) is 0.376. The Hall–Kier alpha value is -3.45. The lowest BCUT2D eigenvalue weighted by Crippen LogP contribution is -2.16. The maximum atomic E-state index is 13.5. The Morgan fingerprint density at radius 1 is 1.03 bits per heavy atom. The Morgan fingerprint density at radius 3 is 2.47 bits per heavy atom. The molecule has 1 aromatic heterocycles. The molecule has 2 N–H and O–H groups in total. The van der Waals surface area contributed by atoms with Gasteiger partial charge < -0.3 is 15.0 Å². The molecule has 0 aliphatic rings. The molecule has 0 aliphatic carbocycles. The monoisotopic (exact) mass is 458 g/mol. The molecule has 32 heavy (non-hydrogen) atoms. The number of benzene rings is 3. The van der Waals surface area contributed by atoms with Gasteiger partial charge in [-0.25, -0.2) is 0 Å². The standard InChI is InChI=1S/C24H18ClF3N2O2/c1-32-20-10-8-16(25)12-18(20)21-17-11-15(24(26,27)28)7-9-19(17)30-23(31)22(21)29-13-14-5-3-2-4-6-14/h2-12,29H,13H2,1H3,(H,30,31). The SMILES string of the molecule is COc1ccc(Cl)cc1-c1c(NCc2ccccc2)c(=O)[nH]c2ccc(C(F)(F)F)cc12. The molecule has 0 aliphatic heterocycles. The molecule has 1 heterocycles. The molecule has 4 rings (SSSR count). The van der Waals surface area contributed by atoms with E-state index >= 15 is 0 Å². The molecule has 0 fully saturated rings. The van der Waals surface area contributed by atoms with E-state index in [1.807, 2.05) is 30.3 Å². The molecule has 0 radical (unpaired) electrons. The smallest absolute Gasteiger partial charge is 0.416 e. The summed E-state index contributed by atoms with van der Waals surface area (Å²) in [6, 6.07) is 17.3. The van der Waals surface area contributed by atoms with Gasteiger partial charge in [0.1, 0.15) is 11.4 Å². The van der Waals surface area contributed by atoms with E-state index in [1.54, 1.807) is 18.2 Å². The Bertz CT molecular complexity index is 1340. The van der Waals surface area contributed by atoms with Gasteiger partial charge in [-0.15, -0.1) is 0 Å². The topological polar surface area (TPSA) is 54.1 Å². The zero-order valence-electron chi connectivity index (χ0n) is 16.9. The first-order valence-electron chi connectivity index (χ1n) is 9.67. The number of fused-ring (bicyclic) bond motifs is 1. The molecular formula is C24H18ClF3N2O2. The lowest BCUT2D eigenvalue weighted by molar-refractivity contribution is -0.137. The lowest BCUT2D eigenvalue weighted by Gasteiger charge is -2.18. The van der Waals surface area contributed by atoms with Crippen molar-refractivity contribution < 1.29 is 17.9 Å². The van der Waals surface area contributed by atoms with Crippen LogP contribution in [0.25, 0.3) is 22.0 Å². The van der Waals surface area contributed by atoms with Gasteiger partial charge in [-0.05, 0) is 42.0 Å². The number of pyridine rings is 1. The van der Waals surface area contributed by atoms with E-state index < -0.39 is 17.3 Å². The maximum Gasteiger partial charge on any atom is 0.416 e. The summed E-state index contributed by atoms with van der Waals surface area (Å²) in [5.41, 5.74) is 0.696. The van der Waals surface area contributed by atoms with Crippen molar-refractivity contribution in [2.24, 2.45) is 0 Å². The molecule has 3 aromatic carbocycles. The van der Waals surface area contributed by atoms with Crippen LogP contribution >= 0.6 is 11.6 Å². The van der Waals surface area contributed by atoms with E-state index in [4.69, 9.17) is 16.3 Å². The summed E-state index contributed by atoms with van der Waals surface area (Å²) in [5, 5.41) is 3.67. The van der Waals surface area contributed by atoms with E-state index in [-0.39, 0.29) is 22.2 Å². The maximum absolute atomic E-state index is 13.5. The number of methoxy groups -OCH3 is 1. The second-order valence-corrected chi connectivity index (χ2v) is 7.58. The molecule has 4 nitrogen and oxygen atoms in total. The van der Waals surface area contributed by atoms with Crippen LogP contribution in [-0.2, 0) is 12.7 Å². The number of H-pyrrole nitrogens is 1. The van der Waals surface area contributed by atoms with Gasteiger partial charge in [-0.2, -0.15) is 13.2 Å². The van der Waals surface area contributed by atoms with Gasteiger partial charge in [0.05, 0.1) is 12.7 Å². The number of aromatic amines is 1. The quantitative estimate of drug-likeness (QED) is 0.359. The molecule has 0 saturated carbocycles. The van der Waals surface area contributed by atoms with E-state index in [0.29, 0.717) is 22.9 Å². The van der Waals surface area contributed by atoms with Crippen LogP contribution in [0.2, 0.25) is 5.02 Å². The van der Waals surface area contributed by atoms with Crippen LogP contribution in [-0.4, -0.2) is 12.1 Å². The summed E-state index contributed by atoms with van der Waals surface area (Å²) in [7, 11) is 1.44. The first-order valence-corrected chi connectivity index (χ1v) is 10.0. The molecule has 8 heteroatoms. The largest absolute Gasteiger partial charge is 0.496 e. The third-order valence-corrected chi connectivity index (χ3v) is 5.32. The number of ether oxygens (including phenoxy) is 1. The van der Waals surface area contributed by atoms with E-state index in [9.17, 15) is 18.0 Å². The number of rotatable bonds is 5. The average Bonchev–Trinajstić information content (AvgIpc) is 2.77. The molecule has 0 unspecified atom stereocenters. The first kappa shape index (κ1) is 21.8. The van der Waals surface area contributed by atoms with E-state index in [0.717, 1.165) is 17.7 Å². The Kier molecular flexibility index (Phi) is 5.84. The van der Waals surface area contributed by atoms with Gasteiger partial charge in [0.25, 0.3) is 5.56 Å². The summed E-state index contributed by atoms with van der Waals surface area (Å²) < 4.78 is 45.9. The van der Waals surface area contributed by atoms with E-state index in [1.165, 1.54) is 13.2 Å². The molecular weight excluding hydrogens is 441 g/mol. The lowest BCUT2D eigenvalue weighted by atomic mass is 9.96. The third kappa shape index (κ3) is 4.29. The fourth-order valence-corrected chi connectivity index (χ4v) is 3.75. The molecule has 0 atom stereocenters. The number of nitrogens with one attached hydrogen (secondary N) is 2. The van der Waals surface area contributed by atoms with Crippen LogP contribution in [0.4, 0.5) is 18.9 Å². The molecule has 0 spiro atoms. The van der Waals surface area contributed by atoms with Crippen molar-refractivity contribution in [3.05, 3.63) is 93.2 Å². The van der Waals surface area contributed by atoms with Crippen molar-refractivity contribution in [1.82, 2.24) is 4.98 Å². The van der Waals surface area contributed by atoms with Crippen molar-refractivity contribution in [2.75, 3.05) is 12.4 Å². The van der Waals surface area contributed by atoms with Gasteiger partial charge in [0.2, 0.25) is 0 Å². The van der Waals surface area contributed by atoms with Crippen LogP contribution in [0, 0.1) is 0 Å². The number of halogens is 4. The summed E-state index contributed by atoms with van der Waals surface area (Å²) in [4.78, 5) is 15.7. The Morgan fingerprint density at radius 2 is 1.78 bits per heavy atom. The normalized spacial score (nSPS) is 11.5. The highest BCUT2D eigenvalue weighted by Crippen LogP contribution is 2.41. The van der Waals surface area contributed by atoms with Crippen molar-refractivity contribution in [1.29, 1.82) is 0 Å².